The molecule has 5 heteroatoms. The molecule has 0 spiro atoms. The zero-order chi connectivity index (χ0) is 7.91. The summed E-state index contributed by atoms with van der Waals surface area (Å²) in [6, 6.07) is 0. The van der Waals surface area contributed by atoms with E-state index in [0.717, 1.165) is 4.99 Å². The van der Waals surface area contributed by atoms with Gasteiger partial charge in [0.1, 0.15) is 0 Å². The summed E-state index contributed by atoms with van der Waals surface area (Å²) in [5, 5.41) is 0. The monoisotopic (exact) mass is 316 g/mol. The fourth-order valence-electron chi connectivity index (χ4n) is 0.0714. The lowest BCUT2D eigenvalue weighted by molar-refractivity contribution is -0.0796. The molecule has 0 heterocycles. The average molecular weight is 317 g/mol. The number of alkyl halides is 4. The molecule has 0 bridgehead atoms. The Morgan fingerprint density at radius 2 is 1.67 bits per heavy atom. The summed E-state index contributed by atoms with van der Waals surface area (Å²) in [5.41, 5.74) is 0. The molecule has 0 aromatic carbocycles. The third kappa shape index (κ3) is 17.7. The van der Waals surface area contributed by atoms with E-state index < -0.39 is 6.18 Å². The molecule has 9 heavy (non-hydrogen) atoms. The maximum absolute atomic E-state index is 10.9. The van der Waals surface area contributed by atoms with E-state index in [-0.39, 0.29) is 6.08 Å². The van der Waals surface area contributed by atoms with Crippen LogP contribution < -0.4 is 0 Å². The van der Waals surface area contributed by atoms with Crippen molar-refractivity contribution in [3.8, 4) is 0 Å². The molecule has 0 fully saturated rings. The van der Waals surface area contributed by atoms with Crippen molar-refractivity contribution >= 4 is 38.5 Å². The van der Waals surface area contributed by atoms with E-state index in [1.807, 2.05) is 4.93 Å². The fraction of sp³-hybridized carbons (Fsp3) is 0.500. The lowest BCUT2D eigenvalue weighted by Gasteiger charge is -1.92. The summed E-state index contributed by atoms with van der Waals surface area (Å²) in [6.07, 6.45) is -4.07. The van der Waals surface area contributed by atoms with Gasteiger partial charge in [0, 0.05) is 6.08 Å². The quantitative estimate of drug-likeness (QED) is 0.474. The third-order valence-corrected chi connectivity index (χ3v) is 0.516. The zero-order valence-electron chi connectivity index (χ0n) is 4.54. The molecule has 0 saturated heterocycles. The number of allylic oxidation sites excluding steroid dienone is 1. The molecule has 0 radical (unpaired) electrons. The van der Waals surface area contributed by atoms with Crippen molar-refractivity contribution < 1.29 is 13.2 Å². The number of hydrogen-bond donors (Lipinski definition) is 0. The minimum Gasteiger partial charge on any atom is -0.167 e. The summed E-state index contributed by atoms with van der Waals surface area (Å²) in [5.74, 6) is 0. The van der Waals surface area contributed by atoms with E-state index in [2.05, 4.69) is 38.5 Å². The fourth-order valence-corrected chi connectivity index (χ4v) is 0.371. The van der Waals surface area contributed by atoms with Crippen LogP contribution in [0.4, 0.5) is 13.2 Å². The Labute approximate surface area is 73.8 Å². The van der Waals surface area contributed by atoms with Gasteiger partial charge in [-0.15, -0.1) is 0 Å². The Kier molecular flexibility index (Phi) is 9.46. The van der Waals surface area contributed by atoms with Crippen molar-refractivity contribution in [2.24, 2.45) is 0 Å². The molecule has 56 valence electrons. The molecule has 0 aromatic heterocycles. The minimum absolute atomic E-state index is 0.104. The summed E-state index contributed by atoms with van der Waals surface area (Å²) in [7, 11) is 0. The highest BCUT2D eigenvalue weighted by Crippen LogP contribution is 2.16. The van der Waals surface area contributed by atoms with E-state index >= 15 is 0 Å². The molecule has 0 aliphatic carbocycles. The van der Waals surface area contributed by atoms with Crippen molar-refractivity contribution in [3.63, 3.8) is 0 Å². The summed E-state index contributed by atoms with van der Waals surface area (Å²) in [4.78, 5) is 2.74. The number of hydrogen-bond acceptors (Lipinski definition) is 0. The van der Waals surface area contributed by atoms with Gasteiger partial charge in [0.2, 0.25) is 0 Å². The van der Waals surface area contributed by atoms with Crippen LogP contribution in [0.3, 0.4) is 0 Å². The van der Waals surface area contributed by atoms with Gasteiger partial charge in [-0.3, -0.25) is 0 Å². The van der Waals surface area contributed by atoms with Gasteiger partial charge in [-0.25, -0.2) is 0 Å². The molecule has 0 N–H and O–H groups in total. The average Bonchev–Trinajstić information content (AvgIpc) is 1.69. The zero-order valence-corrected chi connectivity index (χ0v) is 8.29. The van der Waals surface area contributed by atoms with Gasteiger partial charge in [-0.05, 0) is 9.92 Å². The van der Waals surface area contributed by atoms with Crippen LogP contribution >= 0.6 is 38.5 Å². The van der Waals surface area contributed by atoms with E-state index in [9.17, 15) is 13.2 Å². The van der Waals surface area contributed by atoms with Crippen molar-refractivity contribution in [1.82, 2.24) is 0 Å². The van der Waals surface area contributed by atoms with Gasteiger partial charge in [-0.1, -0.05) is 38.5 Å². The molecule has 0 aromatic rings. The molecule has 0 amide bonds. The maximum atomic E-state index is 10.9. The van der Waals surface area contributed by atoms with Gasteiger partial charge in [0.25, 0.3) is 0 Å². The Bertz CT molecular complexity index is 78.4. The lowest BCUT2D eigenvalue weighted by atomic mass is 10.6. The van der Waals surface area contributed by atoms with E-state index in [1.165, 1.54) is 0 Å². The third-order valence-electron chi connectivity index (χ3n) is 0.252. The second kappa shape index (κ2) is 6.85. The molecule has 0 aliphatic rings. The molecule has 0 atom stereocenters. The smallest absolute Gasteiger partial charge is 0.167 e. The van der Waals surface area contributed by atoms with E-state index in [1.54, 1.807) is 0 Å². The number of rotatable bonds is 0. The van der Waals surface area contributed by atoms with Crippen LogP contribution in [0.15, 0.2) is 11.1 Å². The van der Waals surface area contributed by atoms with Gasteiger partial charge < -0.3 is 0 Å². The van der Waals surface area contributed by atoms with Gasteiger partial charge in [0.05, 0.1) is 0 Å². The van der Waals surface area contributed by atoms with Crippen LogP contribution in [0.2, 0.25) is 0 Å². The first-order chi connectivity index (χ1) is 4.06. The van der Waals surface area contributed by atoms with Crippen molar-refractivity contribution in [3.05, 3.63) is 11.1 Å². The standard InChI is InChI=1S/C3H2BrF3.CH3I/c4-2-1-3(5,6)7;1-2/h1-2H;1H3. The highest BCUT2D eigenvalue weighted by atomic mass is 127. The summed E-state index contributed by atoms with van der Waals surface area (Å²) >= 11 is 4.63. The predicted octanol–water partition coefficient (Wildman–Crippen LogP) is 3.51. The van der Waals surface area contributed by atoms with Gasteiger partial charge >= 0.3 is 6.18 Å². The Morgan fingerprint density at radius 3 is 1.67 bits per heavy atom. The lowest BCUT2D eigenvalue weighted by Crippen LogP contribution is -1.99. The Balaban J connectivity index is 0. The van der Waals surface area contributed by atoms with Gasteiger partial charge in [0.15, 0.2) is 0 Å². The molecule has 0 rings (SSSR count). The first-order valence-electron chi connectivity index (χ1n) is 1.79. The molecule has 0 aliphatic heterocycles. The van der Waals surface area contributed by atoms with Crippen molar-refractivity contribution in [2.75, 3.05) is 4.93 Å². The maximum Gasteiger partial charge on any atom is 0.410 e. The van der Waals surface area contributed by atoms with Crippen LogP contribution in [0.5, 0.6) is 0 Å². The van der Waals surface area contributed by atoms with Crippen molar-refractivity contribution in [1.29, 1.82) is 0 Å². The van der Waals surface area contributed by atoms with Crippen LogP contribution in [-0.2, 0) is 0 Å². The van der Waals surface area contributed by atoms with Crippen LogP contribution in [0, 0.1) is 0 Å². The van der Waals surface area contributed by atoms with Crippen LogP contribution in [-0.4, -0.2) is 11.1 Å². The summed E-state index contributed by atoms with van der Waals surface area (Å²) < 4.78 is 32.8. The summed E-state index contributed by atoms with van der Waals surface area (Å²) in [6.45, 7) is 0. The van der Waals surface area contributed by atoms with E-state index in [0.29, 0.717) is 0 Å². The Morgan fingerprint density at radius 1 is 1.33 bits per heavy atom. The van der Waals surface area contributed by atoms with Crippen LogP contribution in [0.25, 0.3) is 0 Å². The Hall–Kier alpha value is 0.740. The van der Waals surface area contributed by atoms with E-state index in [4.69, 9.17) is 0 Å². The van der Waals surface area contributed by atoms with Crippen molar-refractivity contribution in [2.45, 2.75) is 6.18 Å². The first kappa shape index (κ1) is 12.4. The number of halogens is 5. The van der Waals surface area contributed by atoms with Crippen LogP contribution in [0.1, 0.15) is 0 Å². The highest BCUT2D eigenvalue weighted by Gasteiger charge is 2.21. The first-order valence-corrected chi connectivity index (χ1v) is 4.86. The molecule has 0 saturated carbocycles. The SMILES string of the molecule is CI.FC(F)(F)C=CBr. The second-order valence-corrected chi connectivity index (χ2v) is 1.36. The predicted molar refractivity (Wildman–Crippen MR) is 44.1 cm³/mol. The minimum atomic E-state index is -4.18. The molecular weight excluding hydrogens is 312 g/mol. The van der Waals surface area contributed by atoms with Gasteiger partial charge in [-0.2, -0.15) is 13.2 Å². The second-order valence-electron chi connectivity index (χ2n) is 0.834. The normalized spacial score (nSPS) is 10.9. The highest BCUT2D eigenvalue weighted by molar-refractivity contribution is 14.1. The molecule has 0 nitrogen and oxygen atoms in total. The molecule has 0 unspecified atom stereocenters. The molecular formula is C4H5BrF3I. The topological polar surface area (TPSA) is 0 Å². The largest absolute Gasteiger partial charge is 0.410 e.